The largest absolute Gasteiger partial charge is 0.497 e. The van der Waals surface area contributed by atoms with Gasteiger partial charge < -0.3 is 24.8 Å². The van der Waals surface area contributed by atoms with E-state index in [0.29, 0.717) is 23.8 Å². The van der Waals surface area contributed by atoms with Crippen LogP contribution < -0.4 is 20.1 Å². The molecule has 0 spiro atoms. The van der Waals surface area contributed by atoms with Gasteiger partial charge in [0.25, 0.3) is 0 Å². The molecule has 0 atom stereocenters. The molecule has 1 heterocycles. The van der Waals surface area contributed by atoms with Crippen molar-refractivity contribution < 1.29 is 23.0 Å². The zero-order valence-corrected chi connectivity index (χ0v) is 18.4. The Morgan fingerprint density at radius 1 is 1.06 bits per heavy atom. The van der Waals surface area contributed by atoms with E-state index in [4.69, 9.17) is 9.47 Å². The van der Waals surface area contributed by atoms with Crippen LogP contribution in [0.2, 0.25) is 0 Å². The summed E-state index contributed by atoms with van der Waals surface area (Å²) in [6, 6.07) is 13.0. The maximum absolute atomic E-state index is 12.7. The molecule has 1 aliphatic rings. The lowest BCUT2D eigenvalue weighted by Gasteiger charge is -2.27. The van der Waals surface area contributed by atoms with Crippen molar-refractivity contribution in [2.24, 2.45) is 4.99 Å². The van der Waals surface area contributed by atoms with Gasteiger partial charge in [-0.1, -0.05) is 24.3 Å². The first-order valence-corrected chi connectivity index (χ1v) is 10.5. The molecular formula is C23H30F2N4O3. The van der Waals surface area contributed by atoms with Gasteiger partial charge in [-0.3, -0.25) is 9.89 Å². The van der Waals surface area contributed by atoms with E-state index in [9.17, 15) is 8.78 Å². The van der Waals surface area contributed by atoms with E-state index in [1.807, 2.05) is 12.1 Å². The van der Waals surface area contributed by atoms with E-state index in [1.165, 1.54) is 24.3 Å². The summed E-state index contributed by atoms with van der Waals surface area (Å²) >= 11 is 0. The average molecular weight is 449 g/mol. The Kier molecular flexibility index (Phi) is 9.06. The number of rotatable bonds is 9. The summed E-state index contributed by atoms with van der Waals surface area (Å²) in [7, 11) is 3.19. The quantitative estimate of drug-likeness (QED) is 0.454. The molecule has 2 aromatic rings. The van der Waals surface area contributed by atoms with Crippen molar-refractivity contribution in [2.45, 2.75) is 26.2 Å². The molecular weight excluding hydrogens is 418 g/mol. The molecule has 2 aromatic carbocycles. The van der Waals surface area contributed by atoms with Crippen LogP contribution in [0.15, 0.2) is 47.5 Å². The second-order valence-electron chi connectivity index (χ2n) is 7.29. The highest BCUT2D eigenvalue weighted by molar-refractivity contribution is 5.79. The third-order valence-electron chi connectivity index (χ3n) is 5.22. The van der Waals surface area contributed by atoms with Crippen molar-refractivity contribution in [1.29, 1.82) is 0 Å². The van der Waals surface area contributed by atoms with Crippen LogP contribution in [0, 0.1) is 0 Å². The predicted octanol–water partition coefficient (Wildman–Crippen LogP) is 2.99. The SMILES string of the molecule is CN=C(NCc1ccccc1CN1CCOCC1)NCc1cc(OC)ccc1OC(F)F. The van der Waals surface area contributed by atoms with Gasteiger partial charge >= 0.3 is 6.61 Å². The first-order chi connectivity index (χ1) is 15.6. The van der Waals surface area contributed by atoms with E-state index in [2.05, 4.69) is 37.4 Å². The summed E-state index contributed by atoms with van der Waals surface area (Å²) < 4.78 is 40.7. The van der Waals surface area contributed by atoms with Gasteiger partial charge in [0, 0.05) is 45.3 Å². The number of nitrogens with one attached hydrogen (secondary N) is 2. The highest BCUT2D eigenvalue weighted by Crippen LogP contribution is 2.25. The van der Waals surface area contributed by atoms with Gasteiger partial charge in [0.1, 0.15) is 11.5 Å². The van der Waals surface area contributed by atoms with Gasteiger partial charge in [-0.05, 0) is 29.3 Å². The molecule has 9 heteroatoms. The van der Waals surface area contributed by atoms with Gasteiger partial charge in [0.15, 0.2) is 5.96 Å². The number of benzene rings is 2. The predicted molar refractivity (Wildman–Crippen MR) is 119 cm³/mol. The van der Waals surface area contributed by atoms with Crippen LogP contribution in [0.5, 0.6) is 11.5 Å². The Labute approximate surface area is 187 Å². The molecule has 0 amide bonds. The molecule has 1 fully saturated rings. The van der Waals surface area contributed by atoms with Crippen LogP contribution in [-0.4, -0.2) is 57.9 Å². The smallest absolute Gasteiger partial charge is 0.387 e. The number of morpholine rings is 1. The van der Waals surface area contributed by atoms with E-state index in [-0.39, 0.29) is 12.3 Å². The Morgan fingerprint density at radius 3 is 2.41 bits per heavy atom. The van der Waals surface area contributed by atoms with Crippen molar-refractivity contribution in [3.8, 4) is 11.5 Å². The Balaban J connectivity index is 1.60. The highest BCUT2D eigenvalue weighted by Gasteiger charge is 2.14. The molecule has 3 rings (SSSR count). The second kappa shape index (κ2) is 12.2. The molecule has 32 heavy (non-hydrogen) atoms. The first-order valence-electron chi connectivity index (χ1n) is 10.5. The average Bonchev–Trinajstić information content (AvgIpc) is 2.81. The van der Waals surface area contributed by atoms with Crippen LogP contribution >= 0.6 is 0 Å². The van der Waals surface area contributed by atoms with Crippen molar-refractivity contribution in [1.82, 2.24) is 15.5 Å². The molecule has 2 N–H and O–H groups in total. The fourth-order valence-electron chi connectivity index (χ4n) is 3.49. The molecule has 0 radical (unpaired) electrons. The molecule has 0 aromatic heterocycles. The van der Waals surface area contributed by atoms with Crippen molar-refractivity contribution in [3.63, 3.8) is 0 Å². The number of hydrogen-bond donors (Lipinski definition) is 2. The van der Waals surface area contributed by atoms with Crippen LogP contribution in [0.1, 0.15) is 16.7 Å². The Morgan fingerprint density at radius 2 is 1.75 bits per heavy atom. The van der Waals surface area contributed by atoms with Crippen LogP contribution in [-0.2, 0) is 24.4 Å². The topological polar surface area (TPSA) is 67.4 Å². The molecule has 174 valence electrons. The zero-order chi connectivity index (χ0) is 22.8. The van der Waals surface area contributed by atoms with Crippen molar-refractivity contribution in [3.05, 3.63) is 59.2 Å². The van der Waals surface area contributed by atoms with Gasteiger partial charge in [-0.25, -0.2) is 0 Å². The van der Waals surface area contributed by atoms with Gasteiger partial charge in [-0.15, -0.1) is 0 Å². The monoisotopic (exact) mass is 448 g/mol. The highest BCUT2D eigenvalue weighted by atomic mass is 19.3. The van der Waals surface area contributed by atoms with E-state index in [1.54, 1.807) is 19.2 Å². The zero-order valence-electron chi connectivity index (χ0n) is 18.4. The fraction of sp³-hybridized carbons (Fsp3) is 0.435. The minimum Gasteiger partial charge on any atom is -0.497 e. The van der Waals surface area contributed by atoms with Crippen molar-refractivity contribution >= 4 is 5.96 Å². The molecule has 0 unspecified atom stereocenters. The van der Waals surface area contributed by atoms with Gasteiger partial charge in [0.2, 0.25) is 0 Å². The second-order valence-corrected chi connectivity index (χ2v) is 7.29. The van der Waals surface area contributed by atoms with Crippen LogP contribution in [0.4, 0.5) is 8.78 Å². The number of aliphatic imine (C=N–C) groups is 1. The summed E-state index contributed by atoms with van der Waals surface area (Å²) in [4.78, 5) is 6.62. The normalized spacial score (nSPS) is 15.0. The summed E-state index contributed by atoms with van der Waals surface area (Å²) in [5, 5.41) is 6.45. The fourth-order valence-corrected chi connectivity index (χ4v) is 3.49. The standard InChI is InChI=1S/C23H30F2N4O3/c1-26-23(28-15-19-13-20(30-2)7-8-21(19)32-22(24)25)27-14-17-5-3-4-6-18(17)16-29-9-11-31-12-10-29/h3-8,13,22H,9-12,14-16H2,1-2H3,(H2,26,27,28). The maximum atomic E-state index is 12.7. The summed E-state index contributed by atoms with van der Waals surface area (Å²) in [6.07, 6.45) is 0. The lowest BCUT2D eigenvalue weighted by atomic mass is 10.1. The van der Waals surface area contributed by atoms with E-state index < -0.39 is 6.61 Å². The number of ether oxygens (including phenoxy) is 3. The van der Waals surface area contributed by atoms with E-state index >= 15 is 0 Å². The van der Waals surface area contributed by atoms with Gasteiger partial charge in [0.05, 0.1) is 20.3 Å². The minimum absolute atomic E-state index is 0.0969. The number of nitrogens with zero attached hydrogens (tertiary/aromatic N) is 2. The van der Waals surface area contributed by atoms with Crippen LogP contribution in [0.25, 0.3) is 0 Å². The number of methoxy groups -OCH3 is 1. The lowest BCUT2D eigenvalue weighted by molar-refractivity contribution is -0.0505. The number of alkyl halides is 2. The maximum Gasteiger partial charge on any atom is 0.387 e. The Bertz CT molecular complexity index is 889. The summed E-state index contributed by atoms with van der Waals surface area (Å²) in [5.41, 5.74) is 2.96. The third kappa shape index (κ3) is 7.06. The first kappa shape index (κ1) is 23.7. The number of halogens is 2. The number of guanidine groups is 1. The molecule has 1 aliphatic heterocycles. The van der Waals surface area contributed by atoms with Crippen LogP contribution in [0.3, 0.4) is 0 Å². The van der Waals surface area contributed by atoms with Gasteiger partial charge in [-0.2, -0.15) is 8.78 Å². The van der Waals surface area contributed by atoms with E-state index in [0.717, 1.165) is 32.8 Å². The molecule has 0 bridgehead atoms. The molecule has 1 saturated heterocycles. The molecule has 0 aliphatic carbocycles. The third-order valence-corrected chi connectivity index (χ3v) is 5.22. The minimum atomic E-state index is -2.90. The summed E-state index contributed by atoms with van der Waals surface area (Å²) in [5.74, 6) is 1.21. The Hall–Kier alpha value is -2.91. The number of hydrogen-bond acceptors (Lipinski definition) is 5. The molecule has 0 saturated carbocycles. The van der Waals surface area contributed by atoms with Crippen molar-refractivity contribution in [2.75, 3.05) is 40.5 Å². The molecule has 7 nitrogen and oxygen atoms in total. The summed E-state index contributed by atoms with van der Waals surface area (Å²) in [6.45, 7) is 2.17. The lowest BCUT2D eigenvalue weighted by Crippen LogP contribution is -2.37.